The standard InChI is InChI=1S/C13H18N2O3/c1-10-5-6-14(9-13(10)16)8-11-3-2-4-12(7-11)15(17)18/h2-4,7,10,13,16H,5-6,8-9H2,1H3. The molecule has 1 aromatic rings. The minimum absolute atomic E-state index is 0.124. The average molecular weight is 250 g/mol. The first-order chi connectivity index (χ1) is 8.56. The van der Waals surface area contributed by atoms with E-state index < -0.39 is 0 Å². The van der Waals surface area contributed by atoms with Crippen molar-refractivity contribution in [3.63, 3.8) is 0 Å². The second-order valence-electron chi connectivity index (χ2n) is 5.00. The SMILES string of the molecule is CC1CCN(Cc2cccc([N+](=O)[O-])c2)CC1O. The van der Waals surface area contributed by atoms with Crippen LogP contribution < -0.4 is 0 Å². The van der Waals surface area contributed by atoms with E-state index in [-0.39, 0.29) is 16.7 Å². The molecule has 5 nitrogen and oxygen atoms in total. The van der Waals surface area contributed by atoms with Crippen LogP contribution >= 0.6 is 0 Å². The third-order valence-electron chi connectivity index (χ3n) is 3.53. The van der Waals surface area contributed by atoms with Crippen LogP contribution in [0.25, 0.3) is 0 Å². The molecule has 1 saturated heterocycles. The fourth-order valence-electron chi connectivity index (χ4n) is 2.28. The molecule has 1 aromatic carbocycles. The number of nitrogens with zero attached hydrogens (tertiary/aromatic N) is 2. The Balaban J connectivity index is 2.01. The number of aliphatic hydroxyl groups is 1. The zero-order valence-corrected chi connectivity index (χ0v) is 10.5. The fraction of sp³-hybridized carbons (Fsp3) is 0.538. The molecule has 1 fully saturated rings. The number of rotatable bonds is 3. The Morgan fingerprint density at radius 2 is 2.33 bits per heavy atom. The Morgan fingerprint density at radius 3 is 3.00 bits per heavy atom. The molecule has 1 aliphatic rings. The van der Waals surface area contributed by atoms with E-state index in [1.807, 2.05) is 6.07 Å². The van der Waals surface area contributed by atoms with Gasteiger partial charge >= 0.3 is 0 Å². The molecule has 0 amide bonds. The number of hydrogen-bond acceptors (Lipinski definition) is 4. The molecule has 18 heavy (non-hydrogen) atoms. The number of benzene rings is 1. The summed E-state index contributed by atoms with van der Waals surface area (Å²) in [6, 6.07) is 6.69. The smallest absolute Gasteiger partial charge is 0.269 e. The number of nitro groups is 1. The molecule has 1 aliphatic heterocycles. The zero-order chi connectivity index (χ0) is 13.1. The van der Waals surface area contributed by atoms with Crippen molar-refractivity contribution in [1.82, 2.24) is 4.90 Å². The second-order valence-corrected chi connectivity index (χ2v) is 5.00. The summed E-state index contributed by atoms with van der Waals surface area (Å²) < 4.78 is 0. The number of piperidine rings is 1. The van der Waals surface area contributed by atoms with E-state index in [1.54, 1.807) is 12.1 Å². The van der Waals surface area contributed by atoms with E-state index in [4.69, 9.17) is 0 Å². The second kappa shape index (κ2) is 5.46. The molecule has 1 N–H and O–H groups in total. The van der Waals surface area contributed by atoms with Crippen molar-refractivity contribution in [3.8, 4) is 0 Å². The molecule has 98 valence electrons. The van der Waals surface area contributed by atoms with Gasteiger partial charge in [-0.15, -0.1) is 0 Å². The van der Waals surface area contributed by atoms with Gasteiger partial charge in [0, 0.05) is 25.2 Å². The molecule has 5 heteroatoms. The summed E-state index contributed by atoms with van der Waals surface area (Å²) in [5.41, 5.74) is 1.05. The third kappa shape index (κ3) is 3.05. The highest BCUT2D eigenvalue weighted by Crippen LogP contribution is 2.20. The van der Waals surface area contributed by atoms with Crippen LogP contribution in [-0.4, -0.2) is 34.1 Å². The molecule has 2 unspecified atom stereocenters. The van der Waals surface area contributed by atoms with E-state index in [1.165, 1.54) is 6.07 Å². The van der Waals surface area contributed by atoms with Gasteiger partial charge < -0.3 is 5.11 Å². The number of likely N-dealkylation sites (tertiary alicyclic amines) is 1. The first kappa shape index (κ1) is 13.0. The van der Waals surface area contributed by atoms with Crippen molar-refractivity contribution in [1.29, 1.82) is 0 Å². The van der Waals surface area contributed by atoms with Crippen molar-refractivity contribution in [2.24, 2.45) is 5.92 Å². The van der Waals surface area contributed by atoms with Gasteiger partial charge in [0.25, 0.3) is 5.69 Å². The Bertz CT molecular complexity index is 436. The molecule has 0 spiro atoms. The summed E-state index contributed by atoms with van der Waals surface area (Å²) in [5.74, 6) is 0.339. The number of non-ortho nitro benzene ring substituents is 1. The van der Waals surface area contributed by atoms with Crippen LogP contribution in [0.15, 0.2) is 24.3 Å². The van der Waals surface area contributed by atoms with Gasteiger partial charge in [-0.25, -0.2) is 0 Å². The third-order valence-corrected chi connectivity index (χ3v) is 3.53. The Labute approximate surface area is 106 Å². The van der Waals surface area contributed by atoms with Gasteiger partial charge in [-0.3, -0.25) is 15.0 Å². The maximum Gasteiger partial charge on any atom is 0.269 e. The molecule has 0 saturated carbocycles. The molecule has 0 aromatic heterocycles. The van der Waals surface area contributed by atoms with Crippen LogP contribution in [0.3, 0.4) is 0 Å². The Kier molecular flexibility index (Phi) is 3.93. The highest BCUT2D eigenvalue weighted by molar-refractivity contribution is 5.34. The first-order valence-electron chi connectivity index (χ1n) is 6.20. The van der Waals surface area contributed by atoms with Crippen molar-refractivity contribution in [2.75, 3.05) is 13.1 Å². The van der Waals surface area contributed by atoms with E-state index in [2.05, 4.69) is 11.8 Å². The summed E-state index contributed by atoms with van der Waals surface area (Å²) >= 11 is 0. The number of nitro benzene ring substituents is 1. The highest BCUT2D eigenvalue weighted by atomic mass is 16.6. The van der Waals surface area contributed by atoms with E-state index >= 15 is 0 Å². The summed E-state index contributed by atoms with van der Waals surface area (Å²) in [6.07, 6.45) is 0.674. The maximum absolute atomic E-state index is 10.7. The Hall–Kier alpha value is -1.46. The summed E-state index contributed by atoms with van der Waals surface area (Å²) in [7, 11) is 0. The molecule has 2 atom stereocenters. The number of aliphatic hydroxyl groups excluding tert-OH is 1. The van der Waals surface area contributed by atoms with Gasteiger partial charge in [0.1, 0.15) is 0 Å². The quantitative estimate of drug-likeness (QED) is 0.656. The lowest BCUT2D eigenvalue weighted by Crippen LogP contribution is -2.42. The predicted octanol–water partition coefficient (Wildman–Crippen LogP) is 1.80. The van der Waals surface area contributed by atoms with Gasteiger partial charge in [-0.2, -0.15) is 0 Å². The van der Waals surface area contributed by atoms with E-state index in [0.717, 1.165) is 18.5 Å². The lowest BCUT2D eigenvalue weighted by molar-refractivity contribution is -0.384. The molecule has 1 heterocycles. The average Bonchev–Trinajstić information content (AvgIpc) is 2.34. The van der Waals surface area contributed by atoms with Crippen LogP contribution in [0.2, 0.25) is 0 Å². The maximum atomic E-state index is 10.7. The van der Waals surface area contributed by atoms with Gasteiger partial charge in [-0.05, 0) is 24.4 Å². The summed E-state index contributed by atoms with van der Waals surface area (Å²) in [4.78, 5) is 12.5. The number of hydrogen-bond donors (Lipinski definition) is 1. The highest BCUT2D eigenvalue weighted by Gasteiger charge is 2.24. The van der Waals surface area contributed by atoms with Crippen LogP contribution in [0, 0.1) is 16.0 Å². The van der Waals surface area contributed by atoms with Gasteiger partial charge in [0.05, 0.1) is 11.0 Å². The van der Waals surface area contributed by atoms with Crippen LogP contribution in [0.1, 0.15) is 18.9 Å². The molecular weight excluding hydrogens is 232 g/mol. The van der Waals surface area contributed by atoms with Crippen molar-refractivity contribution in [3.05, 3.63) is 39.9 Å². The van der Waals surface area contributed by atoms with Crippen LogP contribution in [0.5, 0.6) is 0 Å². The van der Waals surface area contributed by atoms with Gasteiger partial charge in [-0.1, -0.05) is 19.1 Å². The van der Waals surface area contributed by atoms with Gasteiger partial charge in [0.15, 0.2) is 0 Å². The monoisotopic (exact) mass is 250 g/mol. The minimum Gasteiger partial charge on any atom is -0.392 e. The summed E-state index contributed by atoms with van der Waals surface area (Å²) in [5, 5.41) is 20.5. The summed E-state index contributed by atoms with van der Waals surface area (Å²) in [6.45, 7) is 4.28. The van der Waals surface area contributed by atoms with Crippen molar-refractivity contribution >= 4 is 5.69 Å². The Morgan fingerprint density at radius 1 is 1.56 bits per heavy atom. The van der Waals surface area contributed by atoms with Crippen LogP contribution in [-0.2, 0) is 6.54 Å². The zero-order valence-electron chi connectivity index (χ0n) is 10.5. The molecule has 2 rings (SSSR count). The molecule has 0 bridgehead atoms. The van der Waals surface area contributed by atoms with Gasteiger partial charge in [0.2, 0.25) is 0 Å². The van der Waals surface area contributed by atoms with Crippen LogP contribution in [0.4, 0.5) is 5.69 Å². The molecule has 0 radical (unpaired) electrons. The predicted molar refractivity (Wildman–Crippen MR) is 68.2 cm³/mol. The van der Waals surface area contributed by atoms with E-state index in [0.29, 0.717) is 19.0 Å². The fourth-order valence-corrected chi connectivity index (χ4v) is 2.28. The largest absolute Gasteiger partial charge is 0.392 e. The lowest BCUT2D eigenvalue weighted by Gasteiger charge is -2.34. The van der Waals surface area contributed by atoms with E-state index in [9.17, 15) is 15.2 Å². The first-order valence-corrected chi connectivity index (χ1v) is 6.20. The minimum atomic E-state index is -0.378. The van der Waals surface area contributed by atoms with Crippen molar-refractivity contribution in [2.45, 2.75) is 26.0 Å². The molecular formula is C13H18N2O3. The topological polar surface area (TPSA) is 66.6 Å². The lowest BCUT2D eigenvalue weighted by atomic mass is 9.96. The molecule has 0 aliphatic carbocycles. The number of β-amino-alcohol motifs (C(OH)–C–C–N with tert-alkyl or cyclic N) is 1. The van der Waals surface area contributed by atoms with Crippen molar-refractivity contribution < 1.29 is 10.0 Å². The normalized spacial score (nSPS) is 25.0.